The van der Waals surface area contributed by atoms with Crippen LogP contribution in [0.1, 0.15) is 58.3 Å². The van der Waals surface area contributed by atoms with Crippen LogP contribution in [0.3, 0.4) is 0 Å². The third-order valence-corrected chi connectivity index (χ3v) is 5.55. The summed E-state index contributed by atoms with van der Waals surface area (Å²) in [5.41, 5.74) is 6.51. The summed E-state index contributed by atoms with van der Waals surface area (Å²) < 4.78 is 0. The second kappa shape index (κ2) is 7.05. The minimum Gasteiger partial charge on any atom is -0.329 e. The van der Waals surface area contributed by atoms with Gasteiger partial charge >= 0.3 is 0 Å². The van der Waals surface area contributed by atoms with Gasteiger partial charge in [-0.05, 0) is 65.2 Å². The van der Waals surface area contributed by atoms with E-state index in [0.29, 0.717) is 0 Å². The van der Waals surface area contributed by atoms with Gasteiger partial charge in [-0.3, -0.25) is 4.90 Å². The van der Waals surface area contributed by atoms with E-state index in [0.717, 1.165) is 12.6 Å². The van der Waals surface area contributed by atoms with Gasteiger partial charge in [0, 0.05) is 18.1 Å². The van der Waals surface area contributed by atoms with Gasteiger partial charge in [-0.2, -0.15) is 0 Å². The molecule has 2 N–H and O–H groups in total. The smallest absolute Gasteiger partial charge is 0.0344 e. The molecule has 2 rings (SSSR count). The van der Waals surface area contributed by atoms with E-state index in [-0.39, 0.29) is 5.54 Å². The third-order valence-electron chi connectivity index (χ3n) is 5.55. The molecule has 0 aromatic rings. The first kappa shape index (κ1) is 15.3. The zero-order chi connectivity index (χ0) is 13.7. The molecule has 0 spiro atoms. The fraction of sp³-hybridized carbons (Fsp3) is 1.00. The highest BCUT2D eigenvalue weighted by atomic mass is 15.2. The highest BCUT2D eigenvalue weighted by Crippen LogP contribution is 2.33. The topological polar surface area (TPSA) is 32.5 Å². The average molecular weight is 267 g/mol. The Labute approximate surface area is 119 Å². The molecule has 1 unspecified atom stereocenters. The highest BCUT2D eigenvalue weighted by Gasteiger charge is 2.38. The van der Waals surface area contributed by atoms with Crippen molar-refractivity contribution in [3.63, 3.8) is 0 Å². The maximum absolute atomic E-state index is 6.24. The van der Waals surface area contributed by atoms with Crippen LogP contribution in [0.4, 0.5) is 0 Å². The Kier molecular flexibility index (Phi) is 5.67. The summed E-state index contributed by atoms with van der Waals surface area (Å²) in [6, 6.07) is 0.793. The van der Waals surface area contributed by atoms with E-state index in [9.17, 15) is 0 Å². The predicted octanol–water partition coefficient (Wildman–Crippen LogP) is 2.45. The molecule has 1 saturated heterocycles. The number of nitrogens with two attached hydrogens (primary N) is 1. The molecule has 1 saturated carbocycles. The molecule has 3 heteroatoms. The number of rotatable bonds is 5. The lowest BCUT2D eigenvalue weighted by atomic mass is 9.87. The monoisotopic (exact) mass is 267 g/mol. The van der Waals surface area contributed by atoms with Gasteiger partial charge in [-0.1, -0.05) is 19.8 Å². The molecule has 2 aliphatic rings. The summed E-state index contributed by atoms with van der Waals surface area (Å²) in [7, 11) is 2.35. The molecular weight excluding hydrogens is 234 g/mol. The molecule has 1 heterocycles. The lowest BCUT2D eigenvalue weighted by Crippen LogP contribution is -2.55. The van der Waals surface area contributed by atoms with Crippen LogP contribution in [-0.2, 0) is 0 Å². The molecule has 19 heavy (non-hydrogen) atoms. The summed E-state index contributed by atoms with van der Waals surface area (Å²) >= 11 is 0. The first-order valence-electron chi connectivity index (χ1n) is 8.37. The van der Waals surface area contributed by atoms with E-state index >= 15 is 0 Å². The molecule has 1 aliphatic heterocycles. The van der Waals surface area contributed by atoms with Crippen LogP contribution in [0.2, 0.25) is 0 Å². The van der Waals surface area contributed by atoms with Crippen molar-refractivity contribution < 1.29 is 0 Å². The Bertz CT molecular complexity index is 263. The second-order valence-corrected chi connectivity index (χ2v) is 6.67. The minimum absolute atomic E-state index is 0.275. The Morgan fingerprint density at radius 2 is 1.89 bits per heavy atom. The van der Waals surface area contributed by atoms with Crippen LogP contribution in [0.5, 0.6) is 0 Å². The number of hydrogen-bond acceptors (Lipinski definition) is 3. The number of likely N-dealkylation sites (tertiary alicyclic amines) is 1. The summed E-state index contributed by atoms with van der Waals surface area (Å²) in [5.74, 6) is 0. The molecule has 0 aromatic heterocycles. The van der Waals surface area contributed by atoms with Gasteiger partial charge in [-0.25, -0.2) is 0 Å². The standard InChI is InChI=1S/C16H33N3/c1-3-11-19-12-6-9-16(14-17,10-13-19)18(2)15-7-4-5-8-15/h15H,3-14,17H2,1-2H3. The zero-order valence-electron chi connectivity index (χ0n) is 13.0. The predicted molar refractivity (Wildman–Crippen MR) is 82.4 cm³/mol. The fourth-order valence-corrected chi connectivity index (χ4v) is 4.15. The van der Waals surface area contributed by atoms with Gasteiger partial charge in [-0.15, -0.1) is 0 Å². The number of likely N-dealkylation sites (N-methyl/N-ethyl adjacent to an activating group) is 1. The highest BCUT2D eigenvalue weighted by molar-refractivity contribution is 4.96. The summed E-state index contributed by atoms with van der Waals surface area (Å²) in [5, 5.41) is 0. The number of nitrogens with zero attached hydrogens (tertiary/aromatic N) is 2. The van der Waals surface area contributed by atoms with Crippen molar-refractivity contribution in [1.82, 2.24) is 9.80 Å². The Morgan fingerprint density at radius 1 is 1.16 bits per heavy atom. The first-order chi connectivity index (χ1) is 9.22. The largest absolute Gasteiger partial charge is 0.329 e. The maximum Gasteiger partial charge on any atom is 0.0344 e. The van der Waals surface area contributed by atoms with E-state index in [2.05, 4.69) is 23.8 Å². The summed E-state index contributed by atoms with van der Waals surface area (Å²) in [4.78, 5) is 5.31. The van der Waals surface area contributed by atoms with Gasteiger partial charge in [0.15, 0.2) is 0 Å². The molecule has 3 nitrogen and oxygen atoms in total. The van der Waals surface area contributed by atoms with E-state index < -0.39 is 0 Å². The molecule has 1 atom stereocenters. The van der Waals surface area contributed by atoms with Gasteiger partial charge in [0.05, 0.1) is 0 Å². The summed E-state index contributed by atoms with van der Waals surface area (Å²) in [6.07, 6.45) is 10.7. The van der Waals surface area contributed by atoms with Crippen molar-refractivity contribution in [3.8, 4) is 0 Å². The van der Waals surface area contributed by atoms with E-state index in [1.807, 2.05) is 0 Å². The average Bonchev–Trinajstić information content (AvgIpc) is 2.88. The van der Waals surface area contributed by atoms with Crippen molar-refractivity contribution >= 4 is 0 Å². The van der Waals surface area contributed by atoms with Crippen molar-refractivity contribution in [2.75, 3.05) is 33.2 Å². The molecule has 0 radical (unpaired) electrons. The van der Waals surface area contributed by atoms with E-state index in [4.69, 9.17) is 5.73 Å². The minimum atomic E-state index is 0.275. The molecule has 1 aliphatic carbocycles. The van der Waals surface area contributed by atoms with Gasteiger partial charge < -0.3 is 10.6 Å². The van der Waals surface area contributed by atoms with Gasteiger partial charge in [0.2, 0.25) is 0 Å². The molecule has 0 bridgehead atoms. The maximum atomic E-state index is 6.24. The lowest BCUT2D eigenvalue weighted by Gasteiger charge is -2.44. The van der Waals surface area contributed by atoms with Gasteiger partial charge in [0.25, 0.3) is 0 Å². The van der Waals surface area contributed by atoms with Crippen molar-refractivity contribution in [3.05, 3.63) is 0 Å². The zero-order valence-corrected chi connectivity index (χ0v) is 13.0. The summed E-state index contributed by atoms with van der Waals surface area (Å²) in [6.45, 7) is 6.88. The van der Waals surface area contributed by atoms with Crippen LogP contribution in [0.25, 0.3) is 0 Å². The first-order valence-corrected chi connectivity index (χ1v) is 8.37. The van der Waals surface area contributed by atoms with Crippen molar-refractivity contribution in [1.29, 1.82) is 0 Å². The van der Waals surface area contributed by atoms with E-state index in [1.54, 1.807) is 0 Å². The molecule has 2 fully saturated rings. The van der Waals surface area contributed by atoms with Crippen LogP contribution < -0.4 is 5.73 Å². The quantitative estimate of drug-likeness (QED) is 0.830. The Morgan fingerprint density at radius 3 is 2.53 bits per heavy atom. The van der Waals surface area contributed by atoms with Gasteiger partial charge in [0.1, 0.15) is 0 Å². The Balaban J connectivity index is 2.00. The third kappa shape index (κ3) is 3.50. The van der Waals surface area contributed by atoms with Crippen molar-refractivity contribution in [2.45, 2.75) is 69.9 Å². The molecule has 0 aromatic carbocycles. The molecular formula is C16H33N3. The van der Waals surface area contributed by atoms with Crippen LogP contribution in [0.15, 0.2) is 0 Å². The molecule has 112 valence electrons. The Hall–Kier alpha value is -0.120. The van der Waals surface area contributed by atoms with Crippen molar-refractivity contribution in [2.24, 2.45) is 5.73 Å². The number of hydrogen-bond donors (Lipinski definition) is 1. The molecule has 0 amide bonds. The van der Waals surface area contributed by atoms with E-state index in [1.165, 1.54) is 71.0 Å². The van der Waals surface area contributed by atoms with Crippen LogP contribution in [0, 0.1) is 0 Å². The second-order valence-electron chi connectivity index (χ2n) is 6.67. The normalized spacial score (nSPS) is 30.9. The SMILES string of the molecule is CCCN1CCCC(CN)(N(C)C2CCCC2)CC1. The van der Waals surface area contributed by atoms with Crippen LogP contribution >= 0.6 is 0 Å². The lowest BCUT2D eigenvalue weighted by molar-refractivity contribution is 0.0646. The van der Waals surface area contributed by atoms with Crippen LogP contribution in [-0.4, -0.2) is 54.6 Å². The fourth-order valence-electron chi connectivity index (χ4n) is 4.15.